The van der Waals surface area contributed by atoms with Crippen LogP contribution in [0.4, 0.5) is 0 Å². The molecule has 82 valence electrons. The highest BCUT2D eigenvalue weighted by Gasteiger charge is 2.51. The van der Waals surface area contributed by atoms with Crippen molar-refractivity contribution in [3.8, 4) is 0 Å². The molecule has 0 aliphatic heterocycles. The molecule has 0 saturated heterocycles. The standard InChI is InChI=1S/C11H20O3/c1-5-11(14)7(3)9(12)6(2)10(13)8(11)4/h6-9,12,14H,5H2,1-4H3/t6-,7-,8-,9-,11+/m0/s1. The third-order valence-electron chi connectivity index (χ3n) is 4.00. The van der Waals surface area contributed by atoms with Crippen molar-refractivity contribution >= 4 is 5.78 Å². The molecular formula is C11H20O3. The number of Topliss-reactive ketones (excluding diaryl/α,β-unsaturated/α-hetero) is 1. The number of rotatable bonds is 1. The molecule has 5 atom stereocenters. The number of hydrogen-bond acceptors (Lipinski definition) is 3. The van der Waals surface area contributed by atoms with Gasteiger partial charge in [-0.3, -0.25) is 4.79 Å². The van der Waals surface area contributed by atoms with E-state index in [1.165, 1.54) is 0 Å². The van der Waals surface area contributed by atoms with Crippen LogP contribution in [0.5, 0.6) is 0 Å². The summed E-state index contributed by atoms with van der Waals surface area (Å²) in [5.41, 5.74) is -1.04. The predicted molar refractivity (Wildman–Crippen MR) is 53.7 cm³/mol. The Labute approximate surface area is 85.1 Å². The summed E-state index contributed by atoms with van der Waals surface area (Å²) in [6.07, 6.45) is -0.214. The highest BCUT2D eigenvalue weighted by molar-refractivity contribution is 5.85. The first kappa shape index (κ1) is 11.7. The first-order chi connectivity index (χ1) is 6.36. The molecular weight excluding hydrogens is 180 g/mol. The van der Waals surface area contributed by atoms with Gasteiger partial charge < -0.3 is 10.2 Å². The van der Waals surface area contributed by atoms with Crippen molar-refractivity contribution < 1.29 is 15.0 Å². The number of carbonyl (C=O) groups is 1. The minimum absolute atomic E-state index is 0.0278. The fourth-order valence-corrected chi connectivity index (χ4v) is 2.56. The van der Waals surface area contributed by atoms with Crippen molar-refractivity contribution in [1.82, 2.24) is 0 Å². The van der Waals surface area contributed by atoms with E-state index in [9.17, 15) is 15.0 Å². The quantitative estimate of drug-likeness (QED) is 0.663. The Bertz CT molecular complexity index is 239. The molecule has 0 heterocycles. The van der Waals surface area contributed by atoms with E-state index in [0.717, 1.165) is 0 Å². The molecule has 0 aromatic carbocycles. The monoisotopic (exact) mass is 200 g/mol. The SMILES string of the molecule is CC[C@]1(O)[C@@H](C)C(=O)[C@@H](C)[C@H](O)[C@@H]1C. The number of hydrogen-bond donors (Lipinski definition) is 2. The van der Waals surface area contributed by atoms with E-state index < -0.39 is 11.7 Å². The third-order valence-corrected chi connectivity index (χ3v) is 4.00. The fraction of sp³-hybridized carbons (Fsp3) is 0.909. The number of aliphatic hydroxyl groups excluding tert-OH is 1. The topological polar surface area (TPSA) is 57.5 Å². The summed E-state index contributed by atoms with van der Waals surface area (Å²) in [5, 5.41) is 20.1. The van der Waals surface area contributed by atoms with Crippen LogP contribution in [0.2, 0.25) is 0 Å². The van der Waals surface area contributed by atoms with Gasteiger partial charge in [0.2, 0.25) is 0 Å². The summed E-state index contributed by atoms with van der Waals surface area (Å²) in [5.74, 6) is -0.997. The van der Waals surface area contributed by atoms with Gasteiger partial charge in [0.05, 0.1) is 11.7 Å². The molecule has 0 spiro atoms. The van der Waals surface area contributed by atoms with Crippen molar-refractivity contribution in [3.05, 3.63) is 0 Å². The molecule has 0 radical (unpaired) electrons. The van der Waals surface area contributed by atoms with E-state index in [-0.39, 0.29) is 23.5 Å². The van der Waals surface area contributed by atoms with E-state index in [0.29, 0.717) is 6.42 Å². The molecule has 1 saturated carbocycles. The maximum atomic E-state index is 11.7. The normalized spacial score (nSPS) is 49.4. The largest absolute Gasteiger partial charge is 0.392 e. The first-order valence-corrected chi connectivity index (χ1v) is 5.30. The molecule has 0 aromatic rings. The van der Waals surface area contributed by atoms with Crippen molar-refractivity contribution in [2.75, 3.05) is 0 Å². The summed E-state index contributed by atoms with van der Waals surface area (Å²) in [4.78, 5) is 11.7. The molecule has 1 aliphatic carbocycles. The summed E-state index contributed by atoms with van der Waals surface area (Å²) < 4.78 is 0. The van der Waals surface area contributed by atoms with E-state index in [2.05, 4.69) is 0 Å². The Morgan fingerprint density at radius 1 is 1.36 bits per heavy atom. The third kappa shape index (κ3) is 1.39. The molecule has 0 unspecified atom stereocenters. The molecule has 0 amide bonds. The zero-order valence-electron chi connectivity index (χ0n) is 9.32. The molecule has 1 fully saturated rings. The molecule has 2 N–H and O–H groups in total. The lowest BCUT2D eigenvalue weighted by Gasteiger charge is -2.46. The molecule has 0 aromatic heterocycles. The lowest BCUT2D eigenvalue weighted by molar-refractivity contribution is -0.170. The van der Waals surface area contributed by atoms with Crippen LogP contribution in [0, 0.1) is 17.8 Å². The summed E-state index contributed by atoms with van der Waals surface area (Å²) in [6.45, 7) is 7.15. The molecule has 3 heteroatoms. The van der Waals surface area contributed by atoms with Gasteiger partial charge in [-0.25, -0.2) is 0 Å². The van der Waals surface area contributed by atoms with Crippen molar-refractivity contribution in [1.29, 1.82) is 0 Å². The van der Waals surface area contributed by atoms with Gasteiger partial charge in [-0.05, 0) is 6.42 Å². The highest BCUT2D eigenvalue weighted by atomic mass is 16.3. The van der Waals surface area contributed by atoms with Gasteiger partial charge in [-0.15, -0.1) is 0 Å². The van der Waals surface area contributed by atoms with Crippen LogP contribution in [0.3, 0.4) is 0 Å². The molecule has 1 aliphatic rings. The Balaban J connectivity index is 3.04. The van der Waals surface area contributed by atoms with E-state index in [1.54, 1.807) is 13.8 Å². The van der Waals surface area contributed by atoms with Crippen LogP contribution in [0.1, 0.15) is 34.1 Å². The Morgan fingerprint density at radius 2 is 1.86 bits per heavy atom. The lowest BCUT2D eigenvalue weighted by atomic mass is 9.63. The Kier molecular flexibility index (Phi) is 3.02. The zero-order chi connectivity index (χ0) is 11.1. The Morgan fingerprint density at radius 3 is 2.29 bits per heavy atom. The average Bonchev–Trinajstić information content (AvgIpc) is 2.21. The van der Waals surface area contributed by atoms with Crippen molar-refractivity contribution in [2.45, 2.75) is 45.8 Å². The smallest absolute Gasteiger partial charge is 0.143 e. The highest BCUT2D eigenvalue weighted by Crippen LogP contribution is 2.40. The van der Waals surface area contributed by atoms with Crippen LogP contribution < -0.4 is 0 Å². The van der Waals surface area contributed by atoms with Crippen LogP contribution in [-0.2, 0) is 4.79 Å². The van der Waals surface area contributed by atoms with Gasteiger partial charge in [0.25, 0.3) is 0 Å². The van der Waals surface area contributed by atoms with Crippen LogP contribution in [0.15, 0.2) is 0 Å². The fourth-order valence-electron chi connectivity index (χ4n) is 2.56. The average molecular weight is 200 g/mol. The van der Waals surface area contributed by atoms with Gasteiger partial charge in [-0.1, -0.05) is 27.7 Å². The summed E-state index contributed by atoms with van der Waals surface area (Å²) in [6, 6.07) is 0. The second-order valence-corrected chi connectivity index (χ2v) is 4.54. The van der Waals surface area contributed by atoms with Crippen LogP contribution in [-0.4, -0.2) is 27.7 Å². The number of carbonyl (C=O) groups excluding carboxylic acids is 1. The molecule has 0 bridgehead atoms. The van der Waals surface area contributed by atoms with Gasteiger partial charge in [0.15, 0.2) is 0 Å². The van der Waals surface area contributed by atoms with E-state index in [1.807, 2.05) is 13.8 Å². The van der Waals surface area contributed by atoms with Crippen LogP contribution in [0.25, 0.3) is 0 Å². The van der Waals surface area contributed by atoms with Crippen LogP contribution >= 0.6 is 0 Å². The number of aliphatic hydroxyl groups is 2. The molecule has 1 rings (SSSR count). The van der Waals surface area contributed by atoms with E-state index in [4.69, 9.17) is 0 Å². The summed E-state index contributed by atoms with van der Waals surface area (Å²) in [7, 11) is 0. The van der Waals surface area contributed by atoms with Gasteiger partial charge in [-0.2, -0.15) is 0 Å². The lowest BCUT2D eigenvalue weighted by Crippen LogP contribution is -2.58. The minimum Gasteiger partial charge on any atom is -0.392 e. The second kappa shape index (κ2) is 3.63. The van der Waals surface area contributed by atoms with Gasteiger partial charge in [0.1, 0.15) is 5.78 Å². The maximum absolute atomic E-state index is 11.7. The summed E-state index contributed by atoms with van der Waals surface area (Å²) >= 11 is 0. The maximum Gasteiger partial charge on any atom is 0.143 e. The molecule has 14 heavy (non-hydrogen) atoms. The second-order valence-electron chi connectivity index (χ2n) is 4.54. The minimum atomic E-state index is -1.04. The van der Waals surface area contributed by atoms with Crippen molar-refractivity contribution in [3.63, 3.8) is 0 Å². The first-order valence-electron chi connectivity index (χ1n) is 5.30. The van der Waals surface area contributed by atoms with Gasteiger partial charge in [0, 0.05) is 17.8 Å². The van der Waals surface area contributed by atoms with E-state index >= 15 is 0 Å². The van der Waals surface area contributed by atoms with Crippen molar-refractivity contribution in [2.24, 2.45) is 17.8 Å². The zero-order valence-corrected chi connectivity index (χ0v) is 9.32. The molecule has 3 nitrogen and oxygen atoms in total. The Hall–Kier alpha value is -0.410. The van der Waals surface area contributed by atoms with Gasteiger partial charge >= 0.3 is 0 Å². The number of ketones is 1. The predicted octanol–water partition coefficient (Wildman–Crippen LogP) is 0.979.